The second-order valence-corrected chi connectivity index (χ2v) is 9.51. The van der Waals surface area contributed by atoms with Crippen LogP contribution in [0.4, 0.5) is 10.8 Å². The number of aromatic nitrogens is 1. The summed E-state index contributed by atoms with van der Waals surface area (Å²) in [7, 11) is 1.64. The maximum absolute atomic E-state index is 12.8. The first kappa shape index (κ1) is 22.1. The van der Waals surface area contributed by atoms with Crippen LogP contribution in [0.5, 0.6) is 5.75 Å². The second kappa shape index (κ2) is 9.27. The number of methoxy groups -OCH3 is 1. The summed E-state index contributed by atoms with van der Waals surface area (Å²) in [4.78, 5) is 28.9. The molecule has 1 saturated carbocycles. The highest BCUT2D eigenvalue weighted by molar-refractivity contribution is 7.22. The number of fused-ring (bicyclic) bond motifs is 1. The van der Waals surface area contributed by atoms with E-state index in [9.17, 15) is 14.7 Å². The average molecular weight is 473 g/mol. The lowest BCUT2D eigenvalue weighted by Gasteiger charge is -2.14. The van der Waals surface area contributed by atoms with Crippen LogP contribution in [-0.2, 0) is 4.79 Å². The van der Waals surface area contributed by atoms with Crippen LogP contribution in [-0.4, -0.2) is 29.0 Å². The summed E-state index contributed by atoms with van der Waals surface area (Å²) < 4.78 is 6.35. The van der Waals surface area contributed by atoms with Gasteiger partial charge in [-0.25, -0.2) is 4.98 Å². The third kappa shape index (κ3) is 4.39. The van der Waals surface area contributed by atoms with Crippen LogP contribution in [0.3, 0.4) is 0 Å². The fourth-order valence-corrected chi connectivity index (χ4v) is 5.43. The van der Waals surface area contributed by atoms with Crippen molar-refractivity contribution in [2.75, 3.05) is 12.4 Å². The molecule has 1 fully saturated rings. The molecule has 1 aliphatic rings. The first-order chi connectivity index (χ1) is 16.5. The van der Waals surface area contributed by atoms with Crippen molar-refractivity contribution in [1.82, 2.24) is 4.98 Å². The number of anilines is 2. The molecule has 2 unspecified atom stereocenters. The van der Waals surface area contributed by atoms with Crippen molar-refractivity contribution in [3.05, 3.63) is 72.3 Å². The SMILES string of the molecule is COc1ccc2sc(Nc3ccc(-c4ccc(C(=O)C5CCCC5C(=O)O)cc4)cc3)nc2c1. The molecular formula is C27H24N2O4S. The zero-order valence-corrected chi connectivity index (χ0v) is 19.5. The number of nitrogens with zero attached hydrogens (tertiary/aromatic N) is 1. The summed E-state index contributed by atoms with van der Waals surface area (Å²) in [5.74, 6) is -1.13. The number of nitrogens with one attached hydrogen (secondary N) is 1. The highest BCUT2D eigenvalue weighted by Crippen LogP contribution is 2.35. The lowest BCUT2D eigenvalue weighted by molar-refractivity contribution is -0.142. The van der Waals surface area contributed by atoms with Gasteiger partial charge in [0.2, 0.25) is 0 Å². The highest BCUT2D eigenvalue weighted by atomic mass is 32.1. The number of hydrogen-bond acceptors (Lipinski definition) is 6. The summed E-state index contributed by atoms with van der Waals surface area (Å²) in [6.45, 7) is 0. The molecular weight excluding hydrogens is 448 g/mol. The molecule has 0 bridgehead atoms. The maximum Gasteiger partial charge on any atom is 0.307 e. The van der Waals surface area contributed by atoms with E-state index in [4.69, 9.17) is 4.74 Å². The largest absolute Gasteiger partial charge is 0.497 e. The Bertz CT molecular complexity index is 1350. The van der Waals surface area contributed by atoms with Crippen LogP contribution in [0, 0.1) is 11.8 Å². The first-order valence-electron chi connectivity index (χ1n) is 11.2. The molecule has 5 rings (SSSR count). The van der Waals surface area contributed by atoms with Gasteiger partial charge >= 0.3 is 5.97 Å². The predicted octanol–water partition coefficient (Wildman–Crippen LogP) is 6.40. The quantitative estimate of drug-likeness (QED) is 0.303. The van der Waals surface area contributed by atoms with Crippen molar-refractivity contribution in [2.45, 2.75) is 19.3 Å². The number of carbonyl (C=O) groups excluding carboxylic acids is 1. The smallest absolute Gasteiger partial charge is 0.307 e. The fraction of sp³-hybridized carbons (Fsp3) is 0.222. The summed E-state index contributed by atoms with van der Waals surface area (Å²) in [5.41, 5.74) is 4.43. The van der Waals surface area contributed by atoms with E-state index >= 15 is 0 Å². The van der Waals surface area contributed by atoms with Crippen molar-refractivity contribution in [1.29, 1.82) is 0 Å². The summed E-state index contributed by atoms with van der Waals surface area (Å²) in [5, 5.41) is 13.5. The van der Waals surface area contributed by atoms with Gasteiger partial charge in [0.1, 0.15) is 5.75 Å². The van der Waals surface area contributed by atoms with Crippen LogP contribution in [0.2, 0.25) is 0 Å². The maximum atomic E-state index is 12.8. The van der Waals surface area contributed by atoms with E-state index in [1.807, 2.05) is 54.6 Å². The third-order valence-corrected chi connectivity index (χ3v) is 7.36. The number of ether oxygens (including phenoxy) is 1. The molecule has 0 amide bonds. The van der Waals surface area contributed by atoms with Gasteiger partial charge in [0.15, 0.2) is 10.9 Å². The molecule has 172 valence electrons. The zero-order valence-electron chi connectivity index (χ0n) is 18.7. The van der Waals surface area contributed by atoms with Crippen LogP contribution >= 0.6 is 11.3 Å². The van der Waals surface area contributed by atoms with E-state index in [-0.39, 0.29) is 5.78 Å². The molecule has 7 heteroatoms. The average Bonchev–Trinajstić information content (AvgIpc) is 3.51. The minimum absolute atomic E-state index is 0.0653. The summed E-state index contributed by atoms with van der Waals surface area (Å²) >= 11 is 1.58. The number of Topliss-reactive ketones (excluding diaryl/α,β-unsaturated/α-hetero) is 1. The molecule has 4 aromatic rings. The molecule has 2 N–H and O–H groups in total. The zero-order chi connectivity index (χ0) is 23.7. The van der Waals surface area contributed by atoms with Gasteiger partial charge in [-0.15, -0.1) is 0 Å². The van der Waals surface area contributed by atoms with Crippen molar-refractivity contribution >= 4 is 44.1 Å². The topological polar surface area (TPSA) is 88.5 Å². The number of carboxylic acid groups (broad SMARTS) is 1. The Balaban J connectivity index is 1.28. The molecule has 0 saturated heterocycles. The Morgan fingerprint density at radius 2 is 1.65 bits per heavy atom. The predicted molar refractivity (Wildman–Crippen MR) is 134 cm³/mol. The number of thiazole rings is 1. The number of hydrogen-bond donors (Lipinski definition) is 2. The monoisotopic (exact) mass is 472 g/mol. The number of aliphatic carboxylic acids is 1. The lowest BCUT2D eigenvalue weighted by atomic mass is 9.88. The normalized spacial score (nSPS) is 17.6. The van der Waals surface area contributed by atoms with E-state index < -0.39 is 17.8 Å². The molecule has 3 aromatic carbocycles. The van der Waals surface area contributed by atoms with Crippen molar-refractivity contribution in [3.8, 4) is 16.9 Å². The summed E-state index contributed by atoms with van der Waals surface area (Å²) in [6.07, 6.45) is 2.01. The standard InChI is InChI=1S/C27H24N2O4S/c1-33-20-13-14-24-23(15-20)29-27(34-24)28-19-11-9-17(10-12-19)16-5-7-18(8-6-16)25(30)21-3-2-4-22(21)26(31)32/h5-15,21-22H,2-4H2,1H3,(H,28,29)(H,31,32). The lowest BCUT2D eigenvalue weighted by Crippen LogP contribution is -2.25. The minimum Gasteiger partial charge on any atom is -0.497 e. The third-order valence-electron chi connectivity index (χ3n) is 6.40. The van der Waals surface area contributed by atoms with Gasteiger partial charge < -0.3 is 15.2 Å². The van der Waals surface area contributed by atoms with E-state index in [0.29, 0.717) is 18.4 Å². The number of rotatable bonds is 7. The van der Waals surface area contributed by atoms with E-state index in [1.165, 1.54) is 0 Å². The molecule has 1 aliphatic carbocycles. The Kier molecular flexibility index (Phi) is 6.02. The van der Waals surface area contributed by atoms with Crippen molar-refractivity contribution in [2.24, 2.45) is 11.8 Å². The highest BCUT2D eigenvalue weighted by Gasteiger charge is 2.37. The van der Waals surface area contributed by atoms with Gasteiger partial charge in [-0.05, 0) is 48.2 Å². The van der Waals surface area contributed by atoms with Crippen LogP contribution in [0.15, 0.2) is 66.7 Å². The number of ketones is 1. The van der Waals surface area contributed by atoms with Crippen molar-refractivity contribution in [3.63, 3.8) is 0 Å². The first-order valence-corrected chi connectivity index (χ1v) is 12.0. The molecule has 0 aliphatic heterocycles. The number of carbonyl (C=O) groups is 2. The number of carboxylic acids is 1. The fourth-order valence-electron chi connectivity index (χ4n) is 4.57. The molecule has 0 radical (unpaired) electrons. The Hall–Kier alpha value is -3.71. The van der Waals surface area contributed by atoms with Gasteiger partial charge in [-0.1, -0.05) is 54.2 Å². The van der Waals surface area contributed by atoms with Gasteiger partial charge in [0.25, 0.3) is 0 Å². The van der Waals surface area contributed by atoms with Gasteiger partial charge in [0, 0.05) is 23.2 Å². The Labute approximate surface area is 201 Å². The molecule has 0 spiro atoms. The molecule has 2 atom stereocenters. The van der Waals surface area contributed by atoms with E-state index in [0.717, 1.165) is 44.3 Å². The van der Waals surface area contributed by atoms with E-state index in [2.05, 4.69) is 10.3 Å². The molecule has 34 heavy (non-hydrogen) atoms. The molecule has 1 aromatic heterocycles. The van der Waals surface area contributed by atoms with Gasteiger partial charge in [-0.3, -0.25) is 9.59 Å². The van der Waals surface area contributed by atoms with Crippen molar-refractivity contribution < 1.29 is 19.4 Å². The summed E-state index contributed by atoms with van der Waals surface area (Å²) in [6, 6.07) is 21.3. The van der Waals surface area contributed by atoms with E-state index in [1.54, 1.807) is 30.6 Å². The van der Waals surface area contributed by atoms with Crippen LogP contribution in [0.1, 0.15) is 29.6 Å². The van der Waals surface area contributed by atoms with Gasteiger partial charge in [-0.2, -0.15) is 0 Å². The number of benzene rings is 3. The Morgan fingerprint density at radius 3 is 2.32 bits per heavy atom. The van der Waals surface area contributed by atoms with Gasteiger partial charge in [0.05, 0.1) is 23.2 Å². The van der Waals surface area contributed by atoms with Crippen LogP contribution in [0.25, 0.3) is 21.3 Å². The van der Waals surface area contributed by atoms with Crippen LogP contribution < -0.4 is 10.1 Å². The molecule has 6 nitrogen and oxygen atoms in total. The molecule has 1 heterocycles. The Morgan fingerprint density at radius 1 is 0.971 bits per heavy atom. The second-order valence-electron chi connectivity index (χ2n) is 8.48. The minimum atomic E-state index is -0.869.